The summed E-state index contributed by atoms with van der Waals surface area (Å²) in [5, 5.41) is 0. The molecule has 3 aromatic rings. The van der Waals surface area contributed by atoms with Gasteiger partial charge < -0.3 is 9.32 Å². The van der Waals surface area contributed by atoms with Crippen molar-refractivity contribution in [3.05, 3.63) is 35.1 Å². The average Bonchev–Trinajstić information content (AvgIpc) is 2.79. The molecule has 0 saturated carbocycles. The third kappa shape index (κ3) is 1.82. The third-order valence-electron chi connectivity index (χ3n) is 3.43. The molecule has 0 saturated heterocycles. The largest absolute Gasteiger partial charge is 0.444 e. The summed E-state index contributed by atoms with van der Waals surface area (Å²) in [5.41, 5.74) is 5.20. The highest BCUT2D eigenvalue weighted by molar-refractivity contribution is 6.04. The maximum absolute atomic E-state index is 12.1. The Morgan fingerprint density at radius 3 is 2.30 bits per heavy atom. The van der Waals surface area contributed by atoms with Crippen LogP contribution in [0.1, 0.15) is 21.5 Å². The van der Waals surface area contributed by atoms with Crippen LogP contribution in [0.3, 0.4) is 0 Å². The van der Waals surface area contributed by atoms with Gasteiger partial charge in [-0.15, -0.1) is 0 Å². The van der Waals surface area contributed by atoms with Crippen molar-refractivity contribution < 1.29 is 9.21 Å². The van der Waals surface area contributed by atoms with E-state index in [-0.39, 0.29) is 5.91 Å². The molecule has 102 valence electrons. The van der Waals surface area contributed by atoms with E-state index in [1.807, 2.05) is 26.0 Å². The predicted molar refractivity (Wildman–Crippen MR) is 76.8 cm³/mol. The van der Waals surface area contributed by atoms with Gasteiger partial charge in [0, 0.05) is 14.1 Å². The van der Waals surface area contributed by atoms with Gasteiger partial charge in [-0.1, -0.05) is 0 Å². The first-order chi connectivity index (χ1) is 9.47. The molecular weight excluding hydrogens is 254 g/mol. The van der Waals surface area contributed by atoms with Gasteiger partial charge in [-0.2, -0.15) is 0 Å². The van der Waals surface area contributed by atoms with Gasteiger partial charge >= 0.3 is 0 Å². The summed E-state index contributed by atoms with van der Waals surface area (Å²) < 4.78 is 5.38. The molecule has 0 aliphatic rings. The minimum absolute atomic E-state index is 0.138. The summed E-state index contributed by atoms with van der Waals surface area (Å²) in [4.78, 5) is 22.6. The second kappa shape index (κ2) is 4.30. The molecule has 3 rings (SSSR count). The lowest BCUT2D eigenvalue weighted by Crippen LogP contribution is -2.21. The topological polar surface area (TPSA) is 59.2 Å². The summed E-state index contributed by atoms with van der Waals surface area (Å²) in [6.45, 7) is 4.06. The van der Waals surface area contributed by atoms with Crippen molar-refractivity contribution in [2.24, 2.45) is 0 Å². The van der Waals surface area contributed by atoms with Crippen LogP contribution in [0.2, 0.25) is 0 Å². The lowest BCUT2D eigenvalue weighted by atomic mass is 10.1. The summed E-state index contributed by atoms with van der Waals surface area (Å²) in [5.74, 6) is -0.138. The molecule has 0 N–H and O–H groups in total. The van der Waals surface area contributed by atoms with Crippen molar-refractivity contribution in [3.63, 3.8) is 0 Å². The number of carbonyl (C=O) groups is 1. The van der Waals surface area contributed by atoms with Crippen LogP contribution in [0.4, 0.5) is 0 Å². The number of benzene rings is 1. The molecule has 0 unspecified atom stereocenters. The van der Waals surface area contributed by atoms with E-state index in [1.165, 1.54) is 11.2 Å². The minimum atomic E-state index is -0.138. The molecule has 0 aliphatic carbocycles. The quantitative estimate of drug-likeness (QED) is 0.681. The molecular formula is C15H15N3O2. The number of nitrogens with zero attached hydrogens (tertiary/aromatic N) is 3. The lowest BCUT2D eigenvalue weighted by molar-refractivity contribution is 0.0828. The summed E-state index contributed by atoms with van der Waals surface area (Å²) in [6.07, 6.45) is 1.42. The van der Waals surface area contributed by atoms with Crippen LogP contribution >= 0.6 is 0 Å². The fraction of sp³-hybridized carbons (Fsp3) is 0.267. The normalized spacial score (nSPS) is 11.2. The van der Waals surface area contributed by atoms with Gasteiger partial charge in [-0.25, -0.2) is 9.97 Å². The van der Waals surface area contributed by atoms with Crippen molar-refractivity contribution in [1.29, 1.82) is 0 Å². The summed E-state index contributed by atoms with van der Waals surface area (Å²) in [7, 11) is 3.40. The van der Waals surface area contributed by atoms with E-state index >= 15 is 0 Å². The van der Waals surface area contributed by atoms with Crippen molar-refractivity contribution in [1.82, 2.24) is 14.9 Å². The van der Waals surface area contributed by atoms with Crippen LogP contribution in [0.5, 0.6) is 0 Å². The van der Waals surface area contributed by atoms with Crippen LogP contribution < -0.4 is 0 Å². The monoisotopic (exact) mass is 269 g/mol. The number of carbonyl (C=O) groups excluding carboxylic acids is 1. The van der Waals surface area contributed by atoms with E-state index in [9.17, 15) is 4.79 Å². The fourth-order valence-electron chi connectivity index (χ4n) is 2.12. The van der Waals surface area contributed by atoms with Gasteiger partial charge in [-0.05, 0) is 37.1 Å². The maximum Gasteiger partial charge on any atom is 0.258 e. The van der Waals surface area contributed by atoms with Gasteiger partial charge in [-0.3, -0.25) is 4.79 Å². The molecule has 0 aliphatic heterocycles. The number of furan rings is 1. The van der Waals surface area contributed by atoms with Crippen molar-refractivity contribution >= 4 is 28.2 Å². The van der Waals surface area contributed by atoms with E-state index in [2.05, 4.69) is 9.97 Å². The highest BCUT2D eigenvalue weighted by atomic mass is 16.3. The Labute approximate surface area is 116 Å². The molecule has 20 heavy (non-hydrogen) atoms. The lowest BCUT2D eigenvalue weighted by Gasteiger charge is -2.08. The second-order valence-corrected chi connectivity index (χ2v) is 5.15. The minimum Gasteiger partial charge on any atom is -0.444 e. The summed E-state index contributed by atoms with van der Waals surface area (Å²) >= 11 is 0. The Kier molecular flexibility index (Phi) is 2.71. The van der Waals surface area contributed by atoms with E-state index in [4.69, 9.17) is 4.42 Å². The van der Waals surface area contributed by atoms with Gasteiger partial charge in [0.1, 0.15) is 17.3 Å². The number of hydrogen-bond acceptors (Lipinski definition) is 4. The first-order valence-corrected chi connectivity index (χ1v) is 6.35. The smallest absolute Gasteiger partial charge is 0.258 e. The standard InChI is InChI=1S/C15H15N3O2/c1-8-5-11-12(6-9(8)2)17-14-13(16-11)10(7-20-14)15(19)18(3)4/h5-7H,1-4H3. The zero-order valence-corrected chi connectivity index (χ0v) is 11.9. The Bertz CT molecular complexity index is 834. The maximum atomic E-state index is 12.1. The highest BCUT2D eigenvalue weighted by Gasteiger charge is 2.18. The third-order valence-corrected chi connectivity index (χ3v) is 3.43. The highest BCUT2D eigenvalue weighted by Crippen LogP contribution is 2.23. The van der Waals surface area contributed by atoms with E-state index < -0.39 is 0 Å². The zero-order chi connectivity index (χ0) is 14.4. The molecule has 0 fully saturated rings. The first-order valence-electron chi connectivity index (χ1n) is 6.35. The van der Waals surface area contributed by atoms with Crippen LogP contribution in [-0.2, 0) is 0 Å². The number of hydrogen-bond donors (Lipinski definition) is 0. The van der Waals surface area contributed by atoms with Gasteiger partial charge in [0.05, 0.1) is 11.0 Å². The van der Waals surface area contributed by atoms with E-state index in [0.717, 1.165) is 22.2 Å². The average molecular weight is 269 g/mol. The number of aromatic nitrogens is 2. The fourth-order valence-corrected chi connectivity index (χ4v) is 2.12. The predicted octanol–water partition coefficient (Wildman–Crippen LogP) is 2.69. The molecule has 1 aromatic carbocycles. The molecule has 1 amide bonds. The Morgan fingerprint density at radius 1 is 1.10 bits per heavy atom. The van der Waals surface area contributed by atoms with Crippen LogP contribution in [0.15, 0.2) is 22.8 Å². The van der Waals surface area contributed by atoms with E-state index in [1.54, 1.807) is 14.1 Å². The molecule has 5 nitrogen and oxygen atoms in total. The molecule has 5 heteroatoms. The van der Waals surface area contributed by atoms with Crippen LogP contribution in [0, 0.1) is 13.8 Å². The number of aryl methyl sites for hydroxylation is 2. The zero-order valence-electron chi connectivity index (χ0n) is 11.9. The Morgan fingerprint density at radius 2 is 1.70 bits per heavy atom. The number of rotatable bonds is 1. The Hall–Kier alpha value is -2.43. The van der Waals surface area contributed by atoms with Crippen molar-refractivity contribution in [2.75, 3.05) is 14.1 Å². The molecule has 0 bridgehead atoms. The molecule has 2 heterocycles. The van der Waals surface area contributed by atoms with Crippen molar-refractivity contribution in [2.45, 2.75) is 13.8 Å². The van der Waals surface area contributed by atoms with Gasteiger partial charge in [0.2, 0.25) is 5.71 Å². The summed E-state index contributed by atoms with van der Waals surface area (Å²) in [6, 6.07) is 3.96. The second-order valence-electron chi connectivity index (χ2n) is 5.15. The van der Waals surface area contributed by atoms with E-state index in [0.29, 0.717) is 16.8 Å². The number of amides is 1. The first kappa shape index (κ1) is 12.6. The molecule has 0 spiro atoms. The molecule has 2 aromatic heterocycles. The van der Waals surface area contributed by atoms with Gasteiger partial charge in [0.15, 0.2) is 0 Å². The molecule has 0 atom stereocenters. The van der Waals surface area contributed by atoms with Gasteiger partial charge in [0.25, 0.3) is 5.91 Å². The van der Waals surface area contributed by atoms with Crippen LogP contribution in [-0.4, -0.2) is 34.9 Å². The van der Waals surface area contributed by atoms with Crippen molar-refractivity contribution in [3.8, 4) is 0 Å². The van der Waals surface area contributed by atoms with Crippen LogP contribution in [0.25, 0.3) is 22.3 Å². The Balaban J connectivity index is 2.30. The molecule has 0 radical (unpaired) electrons. The SMILES string of the molecule is Cc1cc2nc3occ(C(=O)N(C)C)c3nc2cc1C. The number of fused-ring (bicyclic) bond motifs is 2.